The van der Waals surface area contributed by atoms with E-state index < -0.39 is 53.3 Å². The number of rotatable bonds is 14. The van der Waals surface area contributed by atoms with Crippen LogP contribution in [0.3, 0.4) is 0 Å². The molecule has 0 aliphatic carbocycles. The maximum atomic E-state index is 13.4. The average Bonchev–Trinajstić information content (AvgIpc) is 3.35. The van der Waals surface area contributed by atoms with E-state index in [1.807, 2.05) is 13.8 Å². The van der Waals surface area contributed by atoms with E-state index in [0.717, 1.165) is 0 Å². The molecule has 0 saturated heterocycles. The van der Waals surface area contributed by atoms with Crippen molar-refractivity contribution in [2.45, 2.75) is 37.5 Å². The summed E-state index contributed by atoms with van der Waals surface area (Å²) in [6.45, 7) is 7.82. The molecule has 0 radical (unpaired) electrons. The van der Waals surface area contributed by atoms with Crippen molar-refractivity contribution in [3.63, 3.8) is 0 Å². The topological polar surface area (TPSA) is 281 Å². The van der Waals surface area contributed by atoms with Crippen LogP contribution in [-0.4, -0.2) is 105 Å². The number of hydrogen-bond donors (Lipinski definition) is 4. The fourth-order valence-corrected chi connectivity index (χ4v) is 9.78. The number of halogens is 2. The van der Waals surface area contributed by atoms with Gasteiger partial charge in [-0.3, -0.25) is 14.1 Å². The molecule has 18 nitrogen and oxygen atoms in total. The SMILES string of the molecule is CCOc1ccc(NC(=O)c2cc3ccccc3c(N=Nc3c(C)ccc(Cl)c3S(=O)(=O)O)c2O)cc1.CCOc1ccc(NC(=O)c2cc3ccccc3c(N=Nc3c(C)ccc(Cl)c3S(=O)(=O)[O-])c2[O-])cc1.[Ba+2]. The number of phenols is 1. The van der Waals surface area contributed by atoms with E-state index in [0.29, 0.717) is 68.8 Å². The molecule has 8 rings (SSSR count). The van der Waals surface area contributed by atoms with Crippen molar-refractivity contribution in [1.82, 2.24) is 0 Å². The summed E-state index contributed by atoms with van der Waals surface area (Å²) < 4.78 is 79.9. The number of azo groups is 2. The average molecular weight is 1220 g/mol. The van der Waals surface area contributed by atoms with Crippen molar-refractivity contribution < 1.29 is 55.2 Å². The first-order chi connectivity index (χ1) is 35.2. The van der Waals surface area contributed by atoms with Gasteiger partial charge in [0.15, 0.2) is 5.75 Å². The fourth-order valence-electron chi connectivity index (χ4n) is 7.39. The monoisotopic (exact) mass is 1210 g/mol. The van der Waals surface area contributed by atoms with Crippen LogP contribution in [-0.2, 0) is 20.2 Å². The zero-order valence-corrected chi connectivity index (χ0v) is 47.7. The standard InChI is InChI=1S/2C26H22ClN3O6S.Ba/c2*1-3-36-18-11-9-17(10-12-18)28-26(32)20-14-16-6-4-5-7-19(16)23(24(20)31)30-29-22-15(2)8-13-21(27)25(22)37(33,34)35;/h2*4-14,31H,3H2,1-2H3,(H,28,32)(H,33,34,35);/q;;+2/p-2. The van der Waals surface area contributed by atoms with Crippen LogP contribution < -0.4 is 25.2 Å². The van der Waals surface area contributed by atoms with Crippen LogP contribution >= 0.6 is 23.2 Å². The molecule has 75 heavy (non-hydrogen) atoms. The molecule has 23 heteroatoms. The van der Waals surface area contributed by atoms with Gasteiger partial charge in [-0.2, -0.15) is 13.5 Å². The third kappa shape index (κ3) is 13.7. The van der Waals surface area contributed by atoms with Gasteiger partial charge in [-0.15, -0.1) is 15.3 Å². The van der Waals surface area contributed by atoms with Gasteiger partial charge in [0, 0.05) is 27.7 Å². The molecule has 0 atom stereocenters. The summed E-state index contributed by atoms with van der Waals surface area (Å²) in [7, 11) is -9.72. The van der Waals surface area contributed by atoms with E-state index in [1.54, 1.807) is 104 Å². The second kappa shape index (κ2) is 25.0. The number of fused-ring (bicyclic) bond motifs is 2. The molecule has 0 fully saturated rings. The van der Waals surface area contributed by atoms with Crippen LogP contribution in [0.5, 0.6) is 23.0 Å². The zero-order chi connectivity index (χ0) is 53.5. The van der Waals surface area contributed by atoms with Crippen molar-refractivity contribution in [3.8, 4) is 23.0 Å². The second-order valence-corrected chi connectivity index (χ2v) is 19.4. The van der Waals surface area contributed by atoms with Crippen LogP contribution in [0.4, 0.5) is 34.1 Å². The Hall–Kier alpha value is -6.41. The Labute approximate surface area is 481 Å². The van der Waals surface area contributed by atoms with Crippen molar-refractivity contribution in [1.29, 1.82) is 0 Å². The largest absolute Gasteiger partial charge is 2.00 e. The summed E-state index contributed by atoms with van der Waals surface area (Å²) in [4.78, 5) is 24.8. The number of nitrogens with zero attached hydrogens (tertiary/aromatic N) is 4. The summed E-state index contributed by atoms with van der Waals surface area (Å²) in [5.74, 6) is -1.16. The van der Waals surface area contributed by atoms with Gasteiger partial charge in [0.2, 0.25) is 0 Å². The molecule has 4 N–H and O–H groups in total. The van der Waals surface area contributed by atoms with Gasteiger partial charge in [0.05, 0.1) is 34.5 Å². The zero-order valence-electron chi connectivity index (χ0n) is 40.2. The summed E-state index contributed by atoms with van der Waals surface area (Å²) in [6.07, 6.45) is 0. The van der Waals surface area contributed by atoms with Gasteiger partial charge in [-0.1, -0.05) is 89.6 Å². The van der Waals surface area contributed by atoms with E-state index in [4.69, 9.17) is 32.7 Å². The summed E-state index contributed by atoms with van der Waals surface area (Å²) in [5, 5.41) is 47.3. The molecule has 0 saturated carbocycles. The van der Waals surface area contributed by atoms with Gasteiger partial charge in [-0.25, -0.2) is 8.42 Å². The Morgan fingerprint density at radius 2 is 0.987 bits per heavy atom. The predicted molar refractivity (Wildman–Crippen MR) is 284 cm³/mol. The van der Waals surface area contributed by atoms with Crippen molar-refractivity contribution in [2.24, 2.45) is 20.5 Å². The molecule has 0 aliphatic heterocycles. The third-order valence-electron chi connectivity index (χ3n) is 10.9. The van der Waals surface area contributed by atoms with Gasteiger partial charge >= 0.3 is 48.9 Å². The second-order valence-electron chi connectivity index (χ2n) is 15.9. The Bertz CT molecular complexity index is 3530. The van der Waals surface area contributed by atoms with Crippen LogP contribution in [0.15, 0.2) is 164 Å². The molecule has 0 heterocycles. The Kier molecular flexibility index (Phi) is 19.3. The number of ether oxygens (including phenoxy) is 2. The first-order valence-electron chi connectivity index (χ1n) is 22.1. The van der Waals surface area contributed by atoms with Crippen molar-refractivity contribution >= 4 is 160 Å². The number of carbonyl (C=O) groups excluding carboxylic acids is 2. The molecule has 2 amide bonds. The molecule has 0 bridgehead atoms. The minimum absolute atomic E-state index is 0. The number of benzene rings is 8. The molecular weight excluding hydrogens is 1170 g/mol. The number of anilines is 2. The number of phenolic OH excluding ortho intramolecular Hbond substituents is 1. The van der Waals surface area contributed by atoms with E-state index in [2.05, 4.69) is 31.1 Å². The van der Waals surface area contributed by atoms with Gasteiger partial charge in [0.25, 0.3) is 21.9 Å². The first kappa shape index (κ1) is 57.9. The molecular formula is C52H42BaCl2N6O12S2. The van der Waals surface area contributed by atoms with E-state index in [-0.39, 0.29) is 92.8 Å². The van der Waals surface area contributed by atoms with Gasteiger partial charge in [-0.05, 0) is 122 Å². The third-order valence-corrected chi connectivity index (χ3v) is 13.6. The van der Waals surface area contributed by atoms with E-state index >= 15 is 0 Å². The fraction of sp³-hybridized carbons (Fsp3) is 0.115. The maximum absolute atomic E-state index is 13.4. The molecule has 0 aromatic heterocycles. The molecule has 380 valence electrons. The number of carbonyl (C=O) groups is 2. The van der Waals surface area contributed by atoms with Crippen LogP contribution in [0.1, 0.15) is 45.7 Å². The molecule has 0 aliphatic rings. The number of hydrogen-bond acceptors (Lipinski definition) is 15. The Morgan fingerprint density at radius 1 is 0.587 bits per heavy atom. The van der Waals surface area contributed by atoms with Crippen LogP contribution in [0, 0.1) is 13.8 Å². The predicted octanol–water partition coefficient (Wildman–Crippen LogP) is 12.3. The van der Waals surface area contributed by atoms with Gasteiger partial charge < -0.3 is 34.9 Å². The van der Waals surface area contributed by atoms with Gasteiger partial charge in [0.1, 0.15) is 48.5 Å². The summed E-state index contributed by atoms with van der Waals surface area (Å²) in [5.41, 5.74) is 0.621. The number of aromatic hydroxyl groups is 1. The van der Waals surface area contributed by atoms with Crippen LogP contribution in [0.2, 0.25) is 10.0 Å². The van der Waals surface area contributed by atoms with Crippen molar-refractivity contribution in [3.05, 3.63) is 166 Å². The molecule has 8 aromatic carbocycles. The quantitative estimate of drug-likeness (QED) is 0.0449. The summed E-state index contributed by atoms with van der Waals surface area (Å²) in [6, 6.07) is 35.5. The van der Waals surface area contributed by atoms with E-state index in [9.17, 15) is 45.7 Å². The first-order valence-corrected chi connectivity index (χ1v) is 25.7. The molecule has 0 spiro atoms. The number of nitrogens with one attached hydrogen (secondary N) is 2. The molecule has 0 unspecified atom stereocenters. The summed E-state index contributed by atoms with van der Waals surface area (Å²) >= 11 is 12.0. The number of aryl methyl sites for hydroxylation is 2. The normalized spacial score (nSPS) is 11.5. The molecule has 8 aromatic rings. The van der Waals surface area contributed by atoms with E-state index in [1.165, 1.54) is 43.3 Å². The van der Waals surface area contributed by atoms with Crippen LogP contribution in [0.25, 0.3) is 21.5 Å². The minimum Gasteiger partial charge on any atom is -0.870 e. The Balaban J connectivity index is 0.000000241. The number of amides is 2. The van der Waals surface area contributed by atoms with Crippen molar-refractivity contribution in [2.75, 3.05) is 23.8 Å². The smallest absolute Gasteiger partial charge is 0.870 e. The maximum Gasteiger partial charge on any atom is 2.00 e. The Morgan fingerprint density at radius 3 is 1.45 bits per heavy atom. The minimum atomic E-state index is -4.99.